The highest BCUT2D eigenvalue weighted by Gasteiger charge is 2.18. The molecule has 6 heteroatoms. The maximum Gasteiger partial charge on any atom is 0.249 e. The second-order valence-corrected chi connectivity index (χ2v) is 8.61. The molecule has 0 saturated heterocycles. The van der Waals surface area contributed by atoms with E-state index in [1.165, 1.54) is 0 Å². The van der Waals surface area contributed by atoms with E-state index in [0.29, 0.717) is 27.7 Å². The number of carbonyl (C=O) groups excluding carboxylic acids is 1. The van der Waals surface area contributed by atoms with Crippen LogP contribution >= 0.6 is 23.2 Å². The summed E-state index contributed by atoms with van der Waals surface area (Å²) in [5, 5.41) is 12.1. The lowest BCUT2D eigenvalue weighted by Gasteiger charge is -2.11. The fourth-order valence-electron chi connectivity index (χ4n) is 4.37. The molecular weight excluding hydrogens is 453 g/mol. The quantitative estimate of drug-likeness (QED) is 0.314. The van der Waals surface area contributed by atoms with Crippen LogP contribution < -0.4 is 5.73 Å². The highest BCUT2D eigenvalue weighted by molar-refractivity contribution is 6.39. The lowest BCUT2D eigenvalue weighted by atomic mass is 10.0. The van der Waals surface area contributed by atoms with Crippen LogP contribution in [0.5, 0.6) is 0 Å². The maximum absolute atomic E-state index is 12.2. The van der Waals surface area contributed by atoms with Gasteiger partial charge < -0.3 is 10.3 Å². The molecule has 4 aromatic carbocycles. The van der Waals surface area contributed by atoms with Gasteiger partial charge in [0.05, 0.1) is 22.7 Å². The summed E-state index contributed by atoms with van der Waals surface area (Å²) in [5.74, 6) is -0.482. The number of amides is 1. The first-order chi connectivity index (χ1) is 16.0. The molecule has 0 saturated carbocycles. The summed E-state index contributed by atoms with van der Waals surface area (Å²) in [7, 11) is 0. The predicted molar refractivity (Wildman–Crippen MR) is 134 cm³/mol. The Morgan fingerprint density at radius 1 is 0.909 bits per heavy atom. The third kappa shape index (κ3) is 3.62. The molecule has 4 nitrogen and oxygen atoms in total. The average molecular weight is 470 g/mol. The van der Waals surface area contributed by atoms with Crippen LogP contribution in [-0.4, -0.2) is 10.5 Å². The predicted octanol–water partition coefficient (Wildman–Crippen LogP) is 6.79. The summed E-state index contributed by atoms with van der Waals surface area (Å²) in [6.07, 6.45) is 0. The molecule has 0 aliphatic carbocycles. The molecule has 5 aromatic rings. The van der Waals surface area contributed by atoms with Crippen LogP contribution in [0.25, 0.3) is 32.9 Å². The molecule has 160 valence electrons. The van der Waals surface area contributed by atoms with Crippen molar-refractivity contribution in [3.8, 4) is 17.2 Å². The van der Waals surface area contributed by atoms with Gasteiger partial charge in [0.15, 0.2) is 0 Å². The zero-order valence-corrected chi connectivity index (χ0v) is 18.9. The minimum atomic E-state index is -0.482. The standard InChI is InChI=1S/C27H17Cl2N3O/c28-21-7-3-8-22(29)25(21)18-10-11-19-24(13-18)32(15-17-5-1-4-16(12-17)14-30)23-9-2-6-20(26(19)23)27(31)33/h1-13H,15H2,(H2,31,33). The number of carbonyl (C=O) groups is 1. The van der Waals surface area contributed by atoms with Crippen molar-refractivity contribution in [3.63, 3.8) is 0 Å². The number of rotatable bonds is 4. The van der Waals surface area contributed by atoms with Crippen molar-refractivity contribution in [2.24, 2.45) is 5.73 Å². The molecule has 0 bridgehead atoms. The lowest BCUT2D eigenvalue weighted by molar-refractivity contribution is 0.100. The Hall–Kier alpha value is -3.78. The molecule has 0 spiro atoms. The van der Waals surface area contributed by atoms with Crippen molar-refractivity contribution >= 4 is 50.9 Å². The zero-order valence-electron chi connectivity index (χ0n) is 17.3. The monoisotopic (exact) mass is 469 g/mol. The number of primary amides is 1. The van der Waals surface area contributed by atoms with Gasteiger partial charge >= 0.3 is 0 Å². The lowest BCUT2D eigenvalue weighted by Crippen LogP contribution is -2.11. The van der Waals surface area contributed by atoms with Crippen LogP contribution in [0.15, 0.2) is 78.9 Å². The first kappa shape index (κ1) is 21.1. The zero-order chi connectivity index (χ0) is 23.1. The van der Waals surface area contributed by atoms with E-state index in [-0.39, 0.29) is 0 Å². The summed E-state index contributed by atoms with van der Waals surface area (Å²) in [5.41, 5.74) is 11.2. The Labute approximate surface area is 200 Å². The van der Waals surface area contributed by atoms with Gasteiger partial charge in [-0.05, 0) is 53.6 Å². The summed E-state index contributed by atoms with van der Waals surface area (Å²) < 4.78 is 2.13. The molecule has 5 rings (SSSR count). The number of nitrogens with zero attached hydrogens (tertiary/aromatic N) is 2. The second kappa shape index (κ2) is 8.29. The van der Waals surface area contributed by atoms with Crippen LogP contribution in [0.3, 0.4) is 0 Å². The average Bonchev–Trinajstić information content (AvgIpc) is 3.12. The smallest absolute Gasteiger partial charge is 0.249 e. The van der Waals surface area contributed by atoms with Crippen molar-refractivity contribution in [3.05, 3.63) is 106 Å². The highest BCUT2D eigenvalue weighted by Crippen LogP contribution is 2.39. The molecule has 1 heterocycles. The van der Waals surface area contributed by atoms with E-state index in [4.69, 9.17) is 28.9 Å². The van der Waals surface area contributed by atoms with Gasteiger partial charge in [0.25, 0.3) is 0 Å². The van der Waals surface area contributed by atoms with E-state index in [0.717, 1.165) is 38.5 Å². The molecule has 2 N–H and O–H groups in total. The third-order valence-corrected chi connectivity index (χ3v) is 6.43. The van der Waals surface area contributed by atoms with Crippen LogP contribution in [0.2, 0.25) is 10.0 Å². The highest BCUT2D eigenvalue weighted by atomic mass is 35.5. The molecule has 1 aromatic heterocycles. The van der Waals surface area contributed by atoms with E-state index in [9.17, 15) is 10.1 Å². The molecular formula is C27H17Cl2N3O. The molecule has 33 heavy (non-hydrogen) atoms. The Balaban J connectivity index is 1.83. The van der Waals surface area contributed by atoms with Crippen LogP contribution in [-0.2, 0) is 6.54 Å². The number of hydrogen-bond donors (Lipinski definition) is 1. The normalized spacial score (nSPS) is 11.1. The summed E-state index contributed by atoms with van der Waals surface area (Å²) in [6.45, 7) is 0.511. The van der Waals surface area contributed by atoms with Gasteiger partial charge in [0.1, 0.15) is 0 Å². The number of nitriles is 1. The number of nitrogens with two attached hydrogens (primary N) is 1. The Kier molecular flexibility index (Phi) is 5.30. The van der Waals surface area contributed by atoms with E-state index >= 15 is 0 Å². The van der Waals surface area contributed by atoms with E-state index in [1.54, 1.807) is 24.3 Å². The SMILES string of the molecule is N#Cc1cccc(Cn2c3cc(-c4c(Cl)cccc4Cl)ccc3c3c(C(N)=O)cccc32)c1. The van der Waals surface area contributed by atoms with Crippen LogP contribution in [0.1, 0.15) is 21.5 Å². The van der Waals surface area contributed by atoms with E-state index in [1.807, 2.05) is 54.6 Å². The maximum atomic E-state index is 12.2. The Bertz CT molecular complexity index is 1590. The van der Waals surface area contributed by atoms with Crippen LogP contribution in [0, 0.1) is 11.3 Å². The number of aromatic nitrogens is 1. The number of fused-ring (bicyclic) bond motifs is 3. The van der Waals surface area contributed by atoms with Crippen molar-refractivity contribution in [2.75, 3.05) is 0 Å². The number of halogens is 2. The molecule has 0 aliphatic rings. The fourth-order valence-corrected chi connectivity index (χ4v) is 4.99. The first-order valence-electron chi connectivity index (χ1n) is 10.3. The van der Waals surface area contributed by atoms with Crippen molar-refractivity contribution in [2.45, 2.75) is 6.54 Å². The Morgan fingerprint density at radius 2 is 1.64 bits per heavy atom. The van der Waals surface area contributed by atoms with Gasteiger partial charge in [-0.2, -0.15) is 5.26 Å². The van der Waals surface area contributed by atoms with E-state index in [2.05, 4.69) is 10.6 Å². The number of hydrogen-bond acceptors (Lipinski definition) is 2. The van der Waals surface area contributed by atoms with Gasteiger partial charge in [-0.25, -0.2) is 0 Å². The Morgan fingerprint density at radius 3 is 2.36 bits per heavy atom. The van der Waals surface area contributed by atoms with Crippen molar-refractivity contribution in [1.29, 1.82) is 5.26 Å². The largest absolute Gasteiger partial charge is 0.366 e. The number of benzene rings is 4. The summed E-state index contributed by atoms with van der Waals surface area (Å²) in [6, 6.07) is 26.6. The molecule has 0 unspecified atom stereocenters. The molecule has 0 aliphatic heterocycles. The minimum Gasteiger partial charge on any atom is -0.366 e. The molecule has 0 atom stereocenters. The minimum absolute atomic E-state index is 0.463. The summed E-state index contributed by atoms with van der Waals surface area (Å²) in [4.78, 5) is 12.2. The first-order valence-corrected chi connectivity index (χ1v) is 11.0. The topological polar surface area (TPSA) is 71.8 Å². The fraction of sp³-hybridized carbons (Fsp3) is 0.0370. The third-order valence-electron chi connectivity index (χ3n) is 5.80. The summed E-state index contributed by atoms with van der Waals surface area (Å²) >= 11 is 13.0. The van der Waals surface area contributed by atoms with Gasteiger partial charge in [-0.15, -0.1) is 0 Å². The van der Waals surface area contributed by atoms with Crippen LogP contribution in [0.4, 0.5) is 0 Å². The van der Waals surface area contributed by atoms with Gasteiger partial charge in [0.2, 0.25) is 5.91 Å². The molecule has 1 amide bonds. The molecule has 0 radical (unpaired) electrons. The van der Waals surface area contributed by atoms with Gasteiger partial charge in [-0.1, -0.05) is 59.6 Å². The van der Waals surface area contributed by atoms with Gasteiger partial charge in [-0.3, -0.25) is 4.79 Å². The van der Waals surface area contributed by atoms with Crippen molar-refractivity contribution < 1.29 is 4.79 Å². The second-order valence-electron chi connectivity index (χ2n) is 7.79. The molecule has 0 fully saturated rings. The van der Waals surface area contributed by atoms with Crippen molar-refractivity contribution in [1.82, 2.24) is 4.57 Å². The van der Waals surface area contributed by atoms with Gasteiger partial charge in [0, 0.05) is 38.5 Å². The van der Waals surface area contributed by atoms with E-state index < -0.39 is 5.91 Å².